The lowest BCUT2D eigenvalue weighted by Crippen LogP contribution is -2.40. The Morgan fingerprint density at radius 1 is 1.10 bits per heavy atom. The van der Waals surface area contributed by atoms with Gasteiger partial charge in [-0.15, -0.1) is 4.90 Å². The first-order valence-electron chi connectivity index (χ1n) is 6.19. The van der Waals surface area contributed by atoms with E-state index in [9.17, 15) is 14.3 Å². The van der Waals surface area contributed by atoms with E-state index in [1.165, 1.54) is 30.5 Å². The maximum absolute atomic E-state index is 12.8. The molecule has 2 amide bonds. The number of hydrogen-bond donors (Lipinski definition) is 0. The van der Waals surface area contributed by atoms with Gasteiger partial charge < -0.3 is 5.11 Å². The molecule has 5 nitrogen and oxygen atoms in total. The number of amides is 2. The quantitative estimate of drug-likeness (QED) is 0.785. The molecule has 2 aromatic carbocycles. The molecule has 0 radical (unpaired) electrons. The number of urea groups is 1. The van der Waals surface area contributed by atoms with Crippen molar-refractivity contribution < 1.29 is 19.0 Å². The van der Waals surface area contributed by atoms with E-state index in [1.807, 2.05) is 0 Å². The van der Waals surface area contributed by atoms with Gasteiger partial charge in [0.2, 0.25) is 6.02 Å². The van der Waals surface area contributed by atoms with E-state index >= 15 is 0 Å². The number of hydrazone groups is 1. The van der Waals surface area contributed by atoms with Crippen LogP contribution in [0, 0.1) is 5.82 Å². The molecule has 0 saturated carbocycles. The third kappa shape index (κ3) is 2.51. The Balaban J connectivity index is 1.93. The maximum atomic E-state index is 12.8. The van der Waals surface area contributed by atoms with Crippen molar-refractivity contribution in [2.24, 2.45) is 5.10 Å². The van der Waals surface area contributed by atoms with Crippen molar-refractivity contribution in [3.63, 3.8) is 0 Å². The van der Waals surface area contributed by atoms with E-state index in [0.29, 0.717) is 11.3 Å². The zero-order valence-corrected chi connectivity index (χ0v) is 10.8. The van der Waals surface area contributed by atoms with Crippen LogP contribution in [0.2, 0.25) is 0 Å². The first-order valence-corrected chi connectivity index (χ1v) is 6.19. The summed E-state index contributed by atoms with van der Waals surface area (Å²) in [7, 11) is 0. The molecule has 0 unspecified atom stereocenters. The highest BCUT2D eigenvalue weighted by Gasteiger charge is 2.36. The third-order valence-electron chi connectivity index (χ3n) is 2.93. The molecule has 0 N–H and O–H groups in total. The minimum atomic E-state index is -0.662. The molecule has 0 aromatic heterocycles. The van der Waals surface area contributed by atoms with Crippen LogP contribution in [-0.2, 0) is 0 Å². The summed E-state index contributed by atoms with van der Waals surface area (Å²) in [5.41, 5.74) is 1.02. The summed E-state index contributed by atoms with van der Waals surface area (Å²) in [6.45, 7) is 0. The molecule has 0 bridgehead atoms. The van der Waals surface area contributed by atoms with Gasteiger partial charge in [0.05, 0.1) is 0 Å². The van der Waals surface area contributed by atoms with Crippen LogP contribution < -0.4 is 10.0 Å². The third-order valence-corrected chi connectivity index (χ3v) is 2.93. The van der Waals surface area contributed by atoms with Crippen LogP contribution in [0.15, 0.2) is 59.7 Å². The summed E-state index contributed by atoms with van der Waals surface area (Å²) in [5.74, 6) is -0.376. The molecular formula is C15H10FN3O2. The Labute approximate surface area is 119 Å². The first-order chi connectivity index (χ1) is 10.1. The molecule has 0 saturated heterocycles. The van der Waals surface area contributed by atoms with Crippen molar-refractivity contribution in [3.8, 4) is 0 Å². The van der Waals surface area contributed by atoms with Gasteiger partial charge in [0.15, 0.2) is 0 Å². The zero-order valence-electron chi connectivity index (χ0n) is 10.8. The normalized spacial score (nSPS) is 16.4. The summed E-state index contributed by atoms with van der Waals surface area (Å²) in [4.78, 5) is 13.2. The number of anilines is 1. The molecule has 2 aromatic rings. The Kier molecular flexibility index (Phi) is 3.19. The lowest BCUT2D eigenvalue weighted by Gasteiger charge is -2.10. The molecule has 1 aliphatic heterocycles. The van der Waals surface area contributed by atoms with Crippen LogP contribution in [0.1, 0.15) is 5.56 Å². The molecule has 0 atom stereocenters. The fourth-order valence-electron chi connectivity index (χ4n) is 1.94. The van der Waals surface area contributed by atoms with Crippen molar-refractivity contribution in [1.82, 2.24) is 0 Å². The van der Waals surface area contributed by atoms with E-state index in [4.69, 9.17) is 0 Å². The van der Waals surface area contributed by atoms with Crippen LogP contribution >= 0.6 is 0 Å². The number of nitrogens with zero attached hydrogens (tertiary/aromatic N) is 3. The second-order valence-corrected chi connectivity index (χ2v) is 4.36. The lowest BCUT2D eigenvalue weighted by atomic mass is 10.2. The largest absolute Gasteiger partial charge is 0.824 e. The predicted molar refractivity (Wildman–Crippen MR) is 73.6 cm³/mol. The zero-order chi connectivity index (χ0) is 14.8. The van der Waals surface area contributed by atoms with Crippen molar-refractivity contribution in [3.05, 3.63) is 66.0 Å². The van der Waals surface area contributed by atoms with Gasteiger partial charge in [-0.3, -0.25) is 0 Å². The van der Waals surface area contributed by atoms with Gasteiger partial charge in [-0.1, -0.05) is 22.9 Å². The first kappa shape index (κ1) is 13.0. The average molecular weight is 283 g/mol. The van der Waals surface area contributed by atoms with Gasteiger partial charge in [-0.25, -0.2) is 4.39 Å². The van der Waals surface area contributed by atoms with Gasteiger partial charge in [0, 0.05) is 5.56 Å². The van der Waals surface area contributed by atoms with Gasteiger partial charge >= 0.3 is 6.03 Å². The summed E-state index contributed by atoms with van der Waals surface area (Å²) in [6, 6.07) is 12.8. The highest BCUT2D eigenvalue weighted by molar-refractivity contribution is 6.12. The van der Waals surface area contributed by atoms with E-state index in [0.717, 1.165) is 9.58 Å². The van der Waals surface area contributed by atoms with Crippen molar-refractivity contribution in [2.45, 2.75) is 0 Å². The minimum Gasteiger partial charge on any atom is -0.824 e. The smallest absolute Gasteiger partial charge is 0.529 e. The number of rotatable bonds is 2. The van der Waals surface area contributed by atoms with E-state index in [2.05, 4.69) is 5.10 Å². The highest BCUT2D eigenvalue weighted by Crippen LogP contribution is 2.17. The fraction of sp³-hybridized carbons (Fsp3) is 0. The summed E-state index contributed by atoms with van der Waals surface area (Å²) in [5, 5.41) is 15.5. The highest BCUT2D eigenvalue weighted by atomic mass is 19.1. The molecule has 1 heterocycles. The number of carbonyl (C=O) groups is 1. The summed E-state index contributed by atoms with van der Waals surface area (Å²) < 4.78 is 13.8. The maximum Gasteiger partial charge on any atom is 0.529 e. The van der Waals surface area contributed by atoms with Crippen LogP contribution in [0.3, 0.4) is 0 Å². The SMILES string of the molecule is O=C1N(c2ccccc2)C([O-])=N/[N+]1=C\c1ccc(F)cc1. The Hall–Kier alpha value is -3.02. The number of benzene rings is 2. The van der Waals surface area contributed by atoms with Crippen molar-refractivity contribution in [2.75, 3.05) is 4.90 Å². The Morgan fingerprint density at radius 3 is 2.43 bits per heavy atom. The average Bonchev–Trinajstić information content (AvgIpc) is 2.77. The topological polar surface area (TPSA) is 58.7 Å². The van der Waals surface area contributed by atoms with Gasteiger partial charge in [0.25, 0.3) is 0 Å². The van der Waals surface area contributed by atoms with Gasteiger partial charge in [-0.05, 0) is 41.5 Å². The Bertz CT molecular complexity index is 739. The van der Waals surface area contributed by atoms with Crippen LogP contribution in [0.25, 0.3) is 0 Å². The number of hydrogen-bond acceptors (Lipinski definition) is 3. The van der Waals surface area contributed by atoms with Crippen molar-refractivity contribution in [1.29, 1.82) is 0 Å². The number of para-hydroxylation sites is 1. The lowest BCUT2D eigenvalue weighted by molar-refractivity contribution is -0.422. The Morgan fingerprint density at radius 2 is 1.76 bits per heavy atom. The van der Waals surface area contributed by atoms with Crippen molar-refractivity contribution >= 4 is 24.0 Å². The minimum absolute atomic E-state index is 0.376. The van der Waals surface area contributed by atoms with Crippen LogP contribution in [-0.4, -0.2) is 23.0 Å². The second kappa shape index (κ2) is 5.16. The fourth-order valence-corrected chi connectivity index (χ4v) is 1.94. The number of halogens is 1. The predicted octanol–water partition coefficient (Wildman–Crippen LogP) is 1.53. The standard InChI is InChI=1S/C15H10FN3O2/c16-12-8-6-11(7-9-12)10-18-15(21)19(14(20)17-18)13-4-2-1-3-5-13/h1-10H/b18-10-. The van der Waals surface area contributed by atoms with E-state index in [1.54, 1.807) is 30.3 Å². The van der Waals surface area contributed by atoms with Gasteiger partial charge in [-0.2, -0.15) is 4.79 Å². The van der Waals surface area contributed by atoms with Gasteiger partial charge in [0.1, 0.15) is 17.7 Å². The number of amidine groups is 1. The summed E-state index contributed by atoms with van der Waals surface area (Å²) in [6.07, 6.45) is 1.38. The van der Waals surface area contributed by atoms with E-state index in [-0.39, 0.29) is 5.82 Å². The van der Waals surface area contributed by atoms with Crippen LogP contribution in [0.5, 0.6) is 0 Å². The number of carbonyl (C=O) groups excluding carboxylic acids is 1. The molecular weight excluding hydrogens is 273 g/mol. The molecule has 6 heteroatoms. The van der Waals surface area contributed by atoms with Crippen LogP contribution in [0.4, 0.5) is 14.9 Å². The summed E-state index contributed by atoms with van der Waals surface area (Å²) >= 11 is 0. The molecule has 0 spiro atoms. The molecule has 21 heavy (non-hydrogen) atoms. The molecule has 104 valence electrons. The van der Waals surface area contributed by atoms with E-state index < -0.39 is 12.1 Å². The monoisotopic (exact) mass is 283 g/mol. The molecule has 0 fully saturated rings. The second-order valence-electron chi connectivity index (χ2n) is 4.36. The molecule has 3 rings (SSSR count). The molecule has 1 aliphatic rings. The molecule has 0 aliphatic carbocycles.